The molecule has 0 spiro atoms. The minimum absolute atomic E-state index is 0.467. The molecule has 0 atom stereocenters. The Balaban J connectivity index is 2.00. The predicted molar refractivity (Wildman–Crippen MR) is 73.8 cm³/mol. The van der Waals surface area contributed by atoms with E-state index in [4.69, 9.17) is 10.5 Å². The molecule has 19 heavy (non-hydrogen) atoms. The molecule has 0 aliphatic carbocycles. The van der Waals surface area contributed by atoms with Crippen LogP contribution in [0.4, 0.5) is 11.5 Å². The van der Waals surface area contributed by atoms with Gasteiger partial charge < -0.3 is 15.8 Å². The molecule has 0 unspecified atom stereocenters. The van der Waals surface area contributed by atoms with Gasteiger partial charge in [0.2, 0.25) is 5.88 Å². The lowest BCUT2D eigenvalue weighted by atomic mass is 10.3. The zero-order chi connectivity index (χ0) is 13.5. The number of ether oxygens (including phenoxy) is 1. The maximum Gasteiger partial charge on any atom is 0.239 e. The number of anilines is 2. The van der Waals surface area contributed by atoms with Gasteiger partial charge in [0.05, 0.1) is 24.5 Å². The molecule has 0 aliphatic heterocycles. The Morgan fingerprint density at radius 2 is 2.21 bits per heavy atom. The van der Waals surface area contributed by atoms with E-state index in [1.807, 2.05) is 19.1 Å². The van der Waals surface area contributed by atoms with Crippen LogP contribution in [-0.4, -0.2) is 21.6 Å². The van der Waals surface area contributed by atoms with Gasteiger partial charge in [-0.3, -0.25) is 0 Å². The molecule has 2 aromatic heterocycles. The zero-order valence-electron chi connectivity index (χ0n) is 10.8. The molecule has 6 nitrogen and oxygen atoms in total. The van der Waals surface area contributed by atoms with Crippen LogP contribution in [0.25, 0.3) is 0 Å². The Morgan fingerprint density at radius 3 is 2.95 bits per heavy atom. The first-order valence-corrected chi connectivity index (χ1v) is 6.17. The highest BCUT2D eigenvalue weighted by Gasteiger charge is 2.04. The number of rotatable bonds is 6. The van der Waals surface area contributed by atoms with E-state index in [1.165, 1.54) is 6.33 Å². The molecule has 0 fully saturated rings. The quantitative estimate of drug-likeness (QED) is 0.823. The Kier molecular flexibility index (Phi) is 4.49. The number of nitrogens with one attached hydrogen (secondary N) is 1. The standard InChI is InChI=1S/C13H17N5O/c1-2-7-19-13-11(14)3-4-12(18-13)16-8-10-5-6-15-9-17-10/h3-6,9H,2,7-8,14H2,1H3,(H,16,18). The Labute approximate surface area is 112 Å². The summed E-state index contributed by atoms with van der Waals surface area (Å²) >= 11 is 0. The summed E-state index contributed by atoms with van der Waals surface area (Å²) in [6, 6.07) is 5.44. The first kappa shape index (κ1) is 13.1. The van der Waals surface area contributed by atoms with Crippen LogP contribution in [0.15, 0.2) is 30.7 Å². The molecule has 6 heteroatoms. The van der Waals surface area contributed by atoms with Gasteiger partial charge in [-0.05, 0) is 24.6 Å². The smallest absolute Gasteiger partial charge is 0.239 e. The second-order valence-electron chi connectivity index (χ2n) is 3.99. The summed E-state index contributed by atoms with van der Waals surface area (Å²) in [6.07, 6.45) is 4.14. The molecule has 0 amide bonds. The summed E-state index contributed by atoms with van der Waals surface area (Å²) in [5.41, 5.74) is 7.24. The first-order chi connectivity index (χ1) is 9.29. The van der Waals surface area contributed by atoms with Crippen LogP contribution in [0.2, 0.25) is 0 Å². The van der Waals surface area contributed by atoms with Gasteiger partial charge in [-0.15, -0.1) is 0 Å². The fourth-order valence-electron chi connectivity index (χ4n) is 1.47. The summed E-state index contributed by atoms with van der Waals surface area (Å²) in [6.45, 7) is 3.21. The summed E-state index contributed by atoms with van der Waals surface area (Å²) in [5.74, 6) is 1.17. The number of pyridine rings is 1. The van der Waals surface area contributed by atoms with Gasteiger partial charge >= 0.3 is 0 Å². The third-order valence-corrected chi connectivity index (χ3v) is 2.43. The Bertz CT molecular complexity index is 518. The summed E-state index contributed by atoms with van der Waals surface area (Å²) in [7, 11) is 0. The number of nitrogens with zero attached hydrogens (tertiary/aromatic N) is 3. The van der Waals surface area contributed by atoms with Crippen molar-refractivity contribution < 1.29 is 4.74 Å². The minimum Gasteiger partial charge on any atom is -0.476 e. The largest absolute Gasteiger partial charge is 0.476 e. The first-order valence-electron chi connectivity index (χ1n) is 6.17. The van der Waals surface area contributed by atoms with Crippen molar-refractivity contribution in [2.75, 3.05) is 17.7 Å². The van der Waals surface area contributed by atoms with Gasteiger partial charge in [-0.1, -0.05) is 6.92 Å². The molecule has 0 aliphatic rings. The highest BCUT2D eigenvalue weighted by atomic mass is 16.5. The van der Waals surface area contributed by atoms with Crippen molar-refractivity contribution in [3.05, 3.63) is 36.4 Å². The van der Waals surface area contributed by atoms with E-state index >= 15 is 0 Å². The Hall–Kier alpha value is -2.37. The van der Waals surface area contributed by atoms with Crippen molar-refractivity contribution in [3.8, 4) is 5.88 Å². The molecule has 0 radical (unpaired) electrons. The van der Waals surface area contributed by atoms with Gasteiger partial charge in [0.15, 0.2) is 0 Å². The minimum atomic E-state index is 0.467. The molecular formula is C13H17N5O. The van der Waals surface area contributed by atoms with Gasteiger partial charge in [-0.25, -0.2) is 9.97 Å². The molecule has 2 aromatic rings. The van der Waals surface area contributed by atoms with E-state index in [9.17, 15) is 0 Å². The number of hydrogen-bond acceptors (Lipinski definition) is 6. The summed E-state index contributed by atoms with van der Waals surface area (Å²) < 4.78 is 5.48. The van der Waals surface area contributed by atoms with Crippen molar-refractivity contribution in [2.24, 2.45) is 0 Å². The lowest BCUT2D eigenvalue weighted by Crippen LogP contribution is -2.06. The molecule has 2 heterocycles. The van der Waals surface area contributed by atoms with Crippen molar-refractivity contribution in [2.45, 2.75) is 19.9 Å². The molecule has 2 rings (SSSR count). The van der Waals surface area contributed by atoms with Gasteiger partial charge in [0.25, 0.3) is 0 Å². The second-order valence-corrected chi connectivity index (χ2v) is 3.99. The molecule has 3 N–H and O–H groups in total. The predicted octanol–water partition coefficient (Wildman–Crippen LogP) is 1.85. The van der Waals surface area contributed by atoms with E-state index < -0.39 is 0 Å². The molecule has 0 saturated heterocycles. The fraction of sp³-hybridized carbons (Fsp3) is 0.308. The average molecular weight is 259 g/mol. The monoisotopic (exact) mass is 259 g/mol. The van der Waals surface area contributed by atoms with Crippen LogP contribution < -0.4 is 15.8 Å². The van der Waals surface area contributed by atoms with Crippen LogP contribution in [0.3, 0.4) is 0 Å². The van der Waals surface area contributed by atoms with E-state index in [-0.39, 0.29) is 0 Å². The van der Waals surface area contributed by atoms with Gasteiger partial charge in [-0.2, -0.15) is 4.98 Å². The maximum absolute atomic E-state index is 5.80. The third-order valence-electron chi connectivity index (χ3n) is 2.43. The third kappa shape index (κ3) is 3.80. The van der Waals surface area contributed by atoms with Gasteiger partial charge in [0.1, 0.15) is 12.1 Å². The molecule has 0 saturated carbocycles. The van der Waals surface area contributed by atoms with Crippen molar-refractivity contribution >= 4 is 11.5 Å². The lowest BCUT2D eigenvalue weighted by Gasteiger charge is -2.10. The van der Waals surface area contributed by atoms with E-state index in [1.54, 1.807) is 12.3 Å². The second kappa shape index (κ2) is 6.53. The van der Waals surface area contributed by atoms with Crippen LogP contribution in [0.5, 0.6) is 5.88 Å². The van der Waals surface area contributed by atoms with Crippen LogP contribution in [-0.2, 0) is 6.54 Å². The van der Waals surface area contributed by atoms with E-state index in [0.717, 1.165) is 12.1 Å². The number of nitrogens with two attached hydrogens (primary N) is 1. The van der Waals surface area contributed by atoms with Gasteiger partial charge in [0, 0.05) is 6.20 Å². The summed E-state index contributed by atoms with van der Waals surface area (Å²) in [5, 5.41) is 3.17. The topological polar surface area (TPSA) is 86.0 Å². The lowest BCUT2D eigenvalue weighted by molar-refractivity contribution is 0.307. The van der Waals surface area contributed by atoms with Crippen LogP contribution in [0, 0.1) is 0 Å². The summed E-state index contributed by atoms with van der Waals surface area (Å²) in [4.78, 5) is 12.3. The normalized spacial score (nSPS) is 10.2. The Morgan fingerprint density at radius 1 is 1.32 bits per heavy atom. The maximum atomic E-state index is 5.80. The number of aromatic nitrogens is 3. The highest BCUT2D eigenvalue weighted by molar-refractivity contribution is 5.53. The van der Waals surface area contributed by atoms with Crippen molar-refractivity contribution in [1.29, 1.82) is 0 Å². The molecular weight excluding hydrogens is 242 g/mol. The highest BCUT2D eigenvalue weighted by Crippen LogP contribution is 2.21. The van der Waals surface area contributed by atoms with Crippen molar-refractivity contribution in [1.82, 2.24) is 15.0 Å². The zero-order valence-corrected chi connectivity index (χ0v) is 10.8. The van der Waals surface area contributed by atoms with Crippen LogP contribution in [0.1, 0.15) is 19.0 Å². The fourth-order valence-corrected chi connectivity index (χ4v) is 1.47. The van der Waals surface area contributed by atoms with Crippen molar-refractivity contribution in [3.63, 3.8) is 0 Å². The molecule has 0 aromatic carbocycles. The van der Waals surface area contributed by atoms with E-state index in [0.29, 0.717) is 30.5 Å². The molecule has 100 valence electrons. The van der Waals surface area contributed by atoms with E-state index in [2.05, 4.69) is 20.3 Å². The average Bonchev–Trinajstić information content (AvgIpc) is 2.46. The van der Waals surface area contributed by atoms with Crippen LogP contribution >= 0.6 is 0 Å². The SMILES string of the molecule is CCCOc1nc(NCc2ccncn2)ccc1N. The number of nitrogen functional groups attached to an aromatic ring is 1. The number of hydrogen-bond donors (Lipinski definition) is 2. The molecule has 0 bridgehead atoms.